The molecule has 1 amide bonds. The zero-order chi connectivity index (χ0) is 25.7. The van der Waals surface area contributed by atoms with Crippen molar-refractivity contribution in [2.45, 2.75) is 18.4 Å². The highest BCUT2D eigenvalue weighted by molar-refractivity contribution is 7.09. The van der Waals surface area contributed by atoms with E-state index < -0.39 is 5.54 Å². The summed E-state index contributed by atoms with van der Waals surface area (Å²) in [6, 6.07) is 9.06. The molecule has 5 rings (SSSR count). The van der Waals surface area contributed by atoms with Crippen molar-refractivity contribution in [2.75, 3.05) is 31.1 Å². The van der Waals surface area contributed by atoms with Gasteiger partial charge in [0, 0.05) is 67.5 Å². The molecule has 1 atom stereocenters. The highest BCUT2D eigenvalue weighted by atomic mass is 35.5. The van der Waals surface area contributed by atoms with Crippen LogP contribution < -0.4 is 15.5 Å². The molecule has 1 aliphatic rings. The minimum absolute atomic E-state index is 0.0692. The minimum atomic E-state index is -1.25. The van der Waals surface area contributed by atoms with E-state index >= 15 is 0 Å². The first-order chi connectivity index (χ1) is 18.0. The molecule has 1 unspecified atom stereocenters. The maximum atomic E-state index is 14.1. The summed E-state index contributed by atoms with van der Waals surface area (Å²) in [6.07, 6.45) is 8.69. The predicted molar refractivity (Wildman–Crippen MR) is 141 cm³/mol. The molecule has 0 aromatic carbocycles. The van der Waals surface area contributed by atoms with Crippen molar-refractivity contribution in [3.05, 3.63) is 82.4 Å². The lowest BCUT2D eigenvalue weighted by Gasteiger charge is -2.46. The van der Waals surface area contributed by atoms with E-state index in [1.165, 1.54) is 11.1 Å². The Bertz CT molecular complexity index is 1350. The monoisotopic (exact) mass is 536 g/mol. The number of hydrogen-bond acceptors (Lipinski definition) is 9. The highest BCUT2D eigenvalue weighted by Crippen LogP contribution is 2.32. The number of rotatable bonds is 9. The van der Waals surface area contributed by atoms with Crippen molar-refractivity contribution in [3.63, 3.8) is 0 Å². The predicted octanol–water partition coefficient (Wildman–Crippen LogP) is 2.55. The van der Waals surface area contributed by atoms with Gasteiger partial charge in [-0.15, -0.1) is 11.3 Å². The number of halogens is 1. The number of nitrogens with one attached hydrogen (secondary N) is 2. The second-order valence-electron chi connectivity index (χ2n) is 8.61. The Labute approximate surface area is 222 Å². The molecule has 2 N–H and O–H groups in total. The SMILES string of the molecule is O=C(CC1(C(=O)c2cccnc2)CNCCN1c1cc(Cl)nc(-n2ccnc2)n1)NCCc1cccs1. The van der Waals surface area contributed by atoms with Crippen molar-refractivity contribution in [3.8, 4) is 5.95 Å². The first-order valence-corrected chi connectivity index (χ1v) is 13.1. The fraction of sp³-hybridized carbons (Fsp3) is 0.280. The Hall–Kier alpha value is -3.67. The van der Waals surface area contributed by atoms with Gasteiger partial charge in [-0.25, -0.2) is 9.97 Å². The number of imidazole rings is 1. The number of aromatic nitrogens is 5. The smallest absolute Gasteiger partial charge is 0.238 e. The molecule has 1 saturated heterocycles. The first-order valence-electron chi connectivity index (χ1n) is 11.8. The molecule has 190 valence electrons. The summed E-state index contributed by atoms with van der Waals surface area (Å²) in [5.41, 5.74) is -0.837. The van der Waals surface area contributed by atoms with Crippen molar-refractivity contribution in [2.24, 2.45) is 0 Å². The molecule has 4 aromatic rings. The number of piperazine rings is 1. The van der Waals surface area contributed by atoms with Crippen LogP contribution in [0.15, 0.2) is 66.8 Å². The summed E-state index contributed by atoms with van der Waals surface area (Å²) in [5.74, 6) is 0.327. The molecule has 12 heteroatoms. The summed E-state index contributed by atoms with van der Waals surface area (Å²) in [6.45, 7) is 1.77. The molecular formula is C25H25ClN8O2S. The number of nitrogens with zero attached hydrogens (tertiary/aromatic N) is 6. The number of pyridine rings is 1. The van der Waals surface area contributed by atoms with Gasteiger partial charge in [0.15, 0.2) is 5.78 Å². The van der Waals surface area contributed by atoms with Gasteiger partial charge in [-0.2, -0.15) is 4.98 Å². The van der Waals surface area contributed by atoms with Gasteiger partial charge in [0.2, 0.25) is 11.9 Å². The van der Waals surface area contributed by atoms with Crippen molar-refractivity contribution in [1.82, 2.24) is 35.1 Å². The maximum absolute atomic E-state index is 14.1. The summed E-state index contributed by atoms with van der Waals surface area (Å²) in [4.78, 5) is 47.6. The van der Waals surface area contributed by atoms with Crippen LogP contribution in [0.25, 0.3) is 5.95 Å². The van der Waals surface area contributed by atoms with Crippen LogP contribution in [0.1, 0.15) is 21.7 Å². The number of carbonyl (C=O) groups excluding carboxylic acids is 2. The van der Waals surface area contributed by atoms with E-state index in [9.17, 15) is 9.59 Å². The van der Waals surface area contributed by atoms with E-state index in [4.69, 9.17) is 16.6 Å². The minimum Gasteiger partial charge on any atom is -0.356 e. The van der Waals surface area contributed by atoms with Crippen molar-refractivity contribution < 1.29 is 9.59 Å². The average Bonchev–Trinajstić information content (AvgIpc) is 3.64. The molecule has 0 aliphatic carbocycles. The highest BCUT2D eigenvalue weighted by Gasteiger charge is 2.48. The standard InChI is InChI=1S/C25H25ClN8O2S/c26-20-13-21(32-24(31-20)33-10-8-29-17-33)34-11-9-28-16-25(34,23(36)18-3-1-6-27-15-18)14-22(35)30-7-5-19-4-2-12-37-19/h1-4,6,8,10,12-13,15,17,28H,5,7,9,11,14,16H2,(H,30,35). The number of amides is 1. The molecule has 0 saturated carbocycles. The normalized spacial score (nSPS) is 17.5. The molecule has 10 nitrogen and oxygen atoms in total. The Kier molecular flexibility index (Phi) is 7.54. The van der Waals surface area contributed by atoms with Gasteiger partial charge in [0.1, 0.15) is 22.8 Å². The van der Waals surface area contributed by atoms with Crippen LogP contribution in [-0.2, 0) is 11.2 Å². The number of thiophene rings is 1. The van der Waals surface area contributed by atoms with Gasteiger partial charge in [-0.05, 0) is 30.0 Å². The summed E-state index contributed by atoms with van der Waals surface area (Å²) in [7, 11) is 0. The number of hydrogen-bond donors (Lipinski definition) is 2. The molecule has 4 aromatic heterocycles. The summed E-state index contributed by atoms with van der Waals surface area (Å²) < 4.78 is 1.64. The maximum Gasteiger partial charge on any atom is 0.238 e. The van der Waals surface area contributed by atoms with Crippen molar-refractivity contribution >= 4 is 40.4 Å². The third-order valence-electron chi connectivity index (χ3n) is 6.20. The van der Waals surface area contributed by atoms with Crippen LogP contribution in [0.3, 0.4) is 0 Å². The van der Waals surface area contributed by atoms with Gasteiger partial charge in [-0.3, -0.25) is 19.1 Å². The van der Waals surface area contributed by atoms with Gasteiger partial charge in [0.05, 0.1) is 6.42 Å². The second-order valence-corrected chi connectivity index (χ2v) is 10.0. The van der Waals surface area contributed by atoms with Gasteiger partial charge < -0.3 is 15.5 Å². The molecule has 1 aliphatic heterocycles. The lowest BCUT2D eigenvalue weighted by atomic mass is 9.82. The topological polar surface area (TPSA) is 118 Å². The van der Waals surface area contributed by atoms with Crippen LogP contribution in [0.5, 0.6) is 0 Å². The van der Waals surface area contributed by atoms with E-state index in [2.05, 4.69) is 25.6 Å². The number of anilines is 1. The number of Topliss-reactive ketones (excluding diaryl/α,β-unsaturated/α-hetero) is 1. The largest absolute Gasteiger partial charge is 0.356 e. The van der Waals surface area contributed by atoms with Crippen LogP contribution >= 0.6 is 22.9 Å². The molecule has 1 fully saturated rings. The van der Waals surface area contributed by atoms with Crippen LogP contribution in [0, 0.1) is 0 Å². The lowest BCUT2D eigenvalue weighted by molar-refractivity contribution is -0.122. The zero-order valence-corrected chi connectivity index (χ0v) is 21.5. The third kappa shape index (κ3) is 5.53. The van der Waals surface area contributed by atoms with Gasteiger partial charge in [0.25, 0.3) is 0 Å². The molecule has 0 spiro atoms. The molecule has 0 bridgehead atoms. The zero-order valence-electron chi connectivity index (χ0n) is 19.9. The first kappa shape index (κ1) is 25.0. The molecule has 37 heavy (non-hydrogen) atoms. The summed E-state index contributed by atoms with van der Waals surface area (Å²) >= 11 is 8.05. The second kappa shape index (κ2) is 11.2. The average molecular weight is 537 g/mol. The fourth-order valence-electron chi connectivity index (χ4n) is 4.47. The van der Waals surface area contributed by atoms with E-state index in [0.717, 1.165) is 6.42 Å². The third-order valence-corrected chi connectivity index (χ3v) is 7.33. The van der Waals surface area contributed by atoms with Crippen molar-refractivity contribution in [1.29, 1.82) is 0 Å². The summed E-state index contributed by atoms with van der Waals surface area (Å²) in [5, 5.41) is 8.53. The number of ketones is 1. The van der Waals surface area contributed by atoms with E-state index in [1.54, 1.807) is 59.0 Å². The lowest BCUT2D eigenvalue weighted by Crippen LogP contribution is -2.67. The molecule has 5 heterocycles. The Balaban J connectivity index is 1.49. The van der Waals surface area contributed by atoms with Crippen LogP contribution in [0.2, 0.25) is 5.15 Å². The van der Waals surface area contributed by atoms with Crippen LogP contribution in [-0.4, -0.2) is 67.9 Å². The Morgan fingerprint density at radius 1 is 1.19 bits per heavy atom. The Morgan fingerprint density at radius 2 is 2.11 bits per heavy atom. The molecule has 0 radical (unpaired) electrons. The van der Waals surface area contributed by atoms with Gasteiger partial charge in [-0.1, -0.05) is 17.7 Å². The van der Waals surface area contributed by atoms with Gasteiger partial charge >= 0.3 is 0 Å². The Morgan fingerprint density at radius 3 is 2.86 bits per heavy atom. The van der Waals surface area contributed by atoms with E-state index in [0.29, 0.717) is 37.0 Å². The van der Waals surface area contributed by atoms with E-state index in [1.807, 2.05) is 22.4 Å². The fourth-order valence-corrected chi connectivity index (χ4v) is 5.35. The number of carbonyl (C=O) groups is 2. The van der Waals surface area contributed by atoms with E-state index in [-0.39, 0.29) is 29.8 Å². The van der Waals surface area contributed by atoms with Crippen LogP contribution in [0.4, 0.5) is 5.82 Å². The quantitative estimate of drug-likeness (QED) is 0.247. The molecular weight excluding hydrogens is 512 g/mol.